The van der Waals surface area contributed by atoms with Crippen LogP contribution in [0, 0.1) is 11.3 Å². The highest BCUT2D eigenvalue weighted by Crippen LogP contribution is 2.31. The Balaban J connectivity index is 4.17. The van der Waals surface area contributed by atoms with Gasteiger partial charge in [-0.2, -0.15) is 0 Å². The lowest BCUT2D eigenvalue weighted by Gasteiger charge is -2.28. The van der Waals surface area contributed by atoms with Crippen molar-refractivity contribution >= 4 is 11.9 Å². The van der Waals surface area contributed by atoms with Gasteiger partial charge >= 0.3 is 5.97 Å². The first-order valence-corrected chi connectivity index (χ1v) is 6.35. The van der Waals surface area contributed by atoms with Crippen LogP contribution >= 0.6 is 0 Å². The van der Waals surface area contributed by atoms with E-state index in [9.17, 15) is 14.7 Å². The summed E-state index contributed by atoms with van der Waals surface area (Å²) >= 11 is 0. The third kappa shape index (κ3) is 5.49. The standard InChI is InChI=1S/C13H26N2O3/c1-10(2)13(3,12(17)18)9-11(16)14-7-6-8-15(4)5/h10H,6-9H2,1-5H3,(H,14,16)(H,17,18). The van der Waals surface area contributed by atoms with Crippen molar-refractivity contribution in [1.29, 1.82) is 0 Å². The van der Waals surface area contributed by atoms with Gasteiger partial charge in [0.05, 0.1) is 5.41 Å². The number of aliphatic carboxylic acids is 1. The molecule has 0 rings (SSSR count). The topological polar surface area (TPSA) is 69.6 Å². The van der Waals surface area contributed by atoms with Crippen molar-refractivity contribution in [2.45, 2.75) is 33.6 Å². The van der Waals surface area contributed by atoms with E-state index in [2.05, 4.69) is 5.32 Å². The van der Waals surface area contributed by atoms with Gasteiger partial charge in [0.2, 0.25) is 5.91 Å². The third-order valence-corrected chi connectivity index (χ3v) is 3.39. The molecule has 0 spiro atoms. The fourth-order valence-electron chi connectivity index (χ4n) is 1.55. The largest absolute Gasteiger partial charge is 0.481 e. The minimum absolute atomic E-state index is 0.0297. The van der Waals surface area contributed by atoms with Crippen LogP contribution in [0.25, 0.3) is 0 Å². The summed E-state index contributed by atoms with van der Waals surface area (Å²) in [5, 5.41) is 12.0. The molecule has 0 aliphatic carbocycles. The normalized spacial score (nSPS) is 14.6. The number of amides is 1. The molecule has 0 bridgehead atoms. The molecule has 1 atom stereocenters. The highest BCUT2D eigenvalue weighted by Gasteiger charge is 2.38. The summed E-state index contributed by atoms with van der Waals surface area (Å²) in [5.74, 6) is -1.18. The van der Waals surface area contributed by atoms with Crippen molar-refractivity contribution < 1.29 is 14.7 Å². The predicted molar refractivity (Wildman–Crippen MR) is 71.4 cm³/mol. The van der Waals surface area contributed by atoms with E-state index in [1.807, 2.05) is 32.8 Å². The molecule has 5 heteroatoms. The molecule has 0 saturated carbocycles. The number of carboxylic acids is 1. The summed E-state index contributed by atoms with van der Waals surface area (Å²) in [4.78, 5) is 25.0. The van der Waals surface area contributed by atoms with E-state index in [1.165, 1.54) is 0 Å². The number of carbonyl (C=O) groups excluding carboxylic acids is 1. The Morgan fingerprint density at radius 2 is 1.89 bits per heavy atom. The fourth-order valence-corrected chi connectivity index (χ4v) is 1.55. The quantitative estimate of drug-likeness (QED) is 0.642. The molecular weight excluding hydrogens is 232 g/mol. The lowest BCUT2D eigenvalue weighted by atomic mass is 9.76. The average Bonchev–Trinajstić information content (AvgIpc) is 2.23. The van der Waals surface area contributed by atoms with E-state index in [1.54, 1.807) is 6.92 Å². The molecule has 2 N–H and O–H groups in total. The second kappa shape index (κ2) is 7.36. The smallest absolute Gasteiger partial charge is 0.310 e. The van der Waals surface area contributed by atoms with Crippen molar-refractivity contribution in [3.63, 3.8) is 0 Å². The van der Waals surface area contributed by atoms with Gasteiger partial charge in [0.25, 0.3) is 0 Å². The molecule has 1 unspecified atom stereocenters. The predicted octanol–water partition coefficient (Wildman–Crippen LogP) is 1.19. The monoisotopic (exact) mass is 258 g/mol. The maximum Gasteiger partial charge on any atom is 0.310 e. The Labute approximate surface area is 110 Å². The second-order valence-electron chi connectivity index (χ2n) is 5.56. The zero-order valence-electron chi connectivity index (χ0n) is 12.1. The van der Waals surface area contributed by atoms with Gasteiger partial charge in [-0.1, -0.05) is 13.8 Å². The van der Waals surface area contributed by atoms with Crippen molar-refractivity contribution in [3.8, 4) is 0 Å². The Morgan fingerprint density at radius 3 is 2.28 bits per heavy atom. The van der Waals surface area contributed by atoms with Gasteiger partial charge in [-0.3, -0.25) is 9.59 Å². The van der Waals surface area contributed by atoms with Crippen molar-refractivity contribution in [1.82, 2.24) is 10.2 Å². The van der Waals surface area contributed by atoms with Gasteiger partial charge in [-0.25, -0.2) is 0 Å². The Hall–Kier alpha value is -1.10. The van der Waals surface area contributed by atoms with Crippen LogP contribution in [-0.2, 0) is 9.59 Å². The van der Waals surface area contributed by atoms with Gasteiger partial charge < -0.3 is 15.3 Å². The number of nitrogens with zero attached hydrogens (tertiary/aromatic N) is 1. The molecule has 106 valence electrons. The lowest BCUT2D eigenvalue weighted by molar-refractivity contribution is -0.153. The molecule has 18 heavy (non-hydrogen) atoms. The first-order valence-electron chi connectivity index (χ1n) is 6.35. The van der Waals surface area contributed by atoms with Crippen LogP contribution in [0.4, 0.5) is 0 Å². The number of carbonyl (C=O) groups is 2. The molecular formula is C13H26N2O3. The fraction of sp³-hybridized carbons (Fsp3) is 0.846. The maximum absolute atomic E-state index is 11.7. The van der Waals surface area contributed by atoms with Gasteiger partial charge in [-0.05, 0) is 39.9 Å². The summed E-state index contributed by atoms with van der Waals surface area (Å²) in [6.45, 7) is 6.77. The van der Waals surface area contributed by atoms with Crippen LogP contribution in [0.5, 0.6) is 0 Å². The van der Waals surface area contributed by atoms with Crippen LogP contribution in [0.2, 0.25) is 0 Å². The zero-order chi connectivity index (χ0) is 14.3. The zero-order valence-corrected chi connectivity index (χ0v) is 12.1. The second-order valence-corrected chi connectivity index (χ2v) is 5.56. The number of hydrogen-bond acceptors (Lipinski definition) is 3. The molecule has 0 aliphatic rings. The molecule has 0 saturated heterocycles. The molecule has 0 heterocycles. The highest BCUT2D eigenvalue weighted by atomic mass is 16.4. The van der Waals surface area contributed by atoms with Crippen LogP contribution in [0.15, 0.2) is 0 Å². The average molecular weight is 258 g/mol. The van der Waals surface area contributed by atoms with E-state index >= 15 is 0 Å². The number of nitrogens with one attached hydrogen (secondary N) is 1. The molecule has 0 fully saturated rings. The maximum atomic E-state index is 11.7. The minimum atomic E-state index is -0.994. The summed E-state index contributed by atoms with van der Waals surface area (Å²) in [5.41, 5.74) is -0.994. The Kier molecular flexibility index (Phi) is 6.91. The molecule has 0 aliphatic heterocycles. The lowest BCUT2D eigenvalue weighted by Crippen LogP contribution is -2.39. The molecule has 0 radical (unpaired) electrons. The van der Waals surface area contributed by atoms with Crippen LogP contribution < -0.4 is 5.32 Å². The van der Waals surface area contributed by atoms with Gasteiger partial charge in [0.15, 0.2) is 0 Å². The van der Waals surface area contributed by atoms with E-state index in [0.717, 1.165) is 13.0 Å². The first-order chi connectivity index (χ1) is 8.20. The molecule has 0 aromatic heterocycles. The molecule has 0 aromatic rings. The van der Waals surface area contributed by atoms with Gasteiger partial charge in [-0.15, -0.1) is 0 Å². The Bertz CT molecular complexity index is 290. The van der Waals surface area contributed by atoms with Crippen LogP contribution in [0.3, 0.4) is 0 Å². The Morgan fingerprint density at radius 1 is 1.33 bits per heavy atom. The van der Waals surface area contributed by atoms with Crippen molar-refractivity contribution in [2.75, 3.05) is 27.2 Å². The van der Waals surface area contributed by atoms with E-state index in [0.29, 0.717) is 6.54 Å². The highest BCUT2D eigenvalue weighted by molar-refractivity contribution is 5.84. The minimum Gasteiger partial charge on any atom is -0.481 e. The van der Waals surface area contributed by atoms with Crippen LogP contribution in [-0.4, -0.2) is 49.1 Å². The summed E-state index contributed by atoms with van der Waals surface area (Å²) in [6.07, 6.45) is 0.895. The summed E-state index contributed by atoms with van der Waals surface area (Å²) < 4.78 is 0. The van der Waals surface area contributed by atoms with E-state index < -0.39 is 11.4 Å². The van der Waals surface area contributed by atoms with E-state index in [4.69, 9.17) is 0 Å². The van der Waals surface area contributed by atoms with Crippen molar-refractivity contribution in [3.05, 3.63) is 0 Å². The molecule has 5 nitrogen and oxygen atoms in total. The SMILES string of the molecule is CC(C)C(C)(CC(=O)NCCCN(C)C)C(=O)O. The van der Waals surface area contributed by atoms with Gasteiger partial charge in [0.1, 0.15) is 0 Å². The van der Waals surface area contributed by atoms with Crippen molar-refractivity contribution in [2.24, 2.45) is 11.3 Å². The number of carboxylic acid groups (broad SMARTS) is 1. The first kappa shape index (κ1) is 16.9. The number of hydrogen-bond donors (Lipinski definition) is 2. The molecule has 1 amide bonds. The summed E-state index contributed by atoms with van der Waals surface area (Å²) in [7, 11) is 3.95. The van der Waals surface area contributed by atoms with Gasteiger partial charge in [0, 0.05) is 13.0 Å². The molecule has 0 aromatic carbocycles. The third-order valence-electron chi connectivity index (χ3n) is 3.39. The van der Waals surface area contributed by atoms with Crippen LogP contribution in [0.1, 0.15) is 33.6 Å². The summed E-state index contributed by atoms with van der Waals surface area (Å²) in [6, 6.07) is 0. The number of rotatable bonds is 8. The van der Waals surface area contributed by atoms with E-state index in [-0.39, 0.29) is 18.2 Å².